The molecule has 2 fully saturated rings. The third-order valence-electron chi connectivity index (χ3n) is 4.34. The monoisotopic (exact) mass is 303 g/mol. The minimum atomic E-state index is 0.0111. The summed E-state index contributed by atoms with van der Waals surface area (Å²) in [5.41, 5.74) is 1.31. The van der Waals surface area contributed by atoms with Gasteiger partial charge in [-0.2, -0.15) is 0 Å². The summed E-state index contributed by atoms with van der Waals surface area (Å²) in [4.78, 5) is 14.4. The Morgan fingerprint density at radius 1 is 1.32 bits per heavy atom. The van der Waals surface area contributed by atoms with Gasteiger partial charge in [-0.25, -0.2) is 0 Å². The lowest BCUT2D eigenvalue weighted by atomic mass is 10.0. The maximum Gasteiger partial charge on any atom is 0.222 e. The zero-order valence-electron chi connectivity index (χ0n) is 13.0. The first kappa shape index (κ1) is 15.5. The Hall–Kier alpha value is -1.43. The van der Waals surface area contributed by atoms with Gasteiger partial charge in [0.15, 0.2) is 0 Å². The van der Waals surface area contributed by atoms with E-state index in [1.54, 1.807) is 0 Å². The quantitative estimate of drug-likeness (QED) is 0.809. The average molecular weight is 303 g/mol. The van der Waals surface area contributed by atoms with Crippen LogP contribution in [0.25, 0.3) is 0 Å². The van der Waals surface area contributed by atoms with E-state index in [0.29, 0.717) is 18.9 Å². The van der Waals surface area contributed by atoms with Crippen molar-refractivity contribution in [1.82, 2.24) is 15.5 Å². The largest absolute Gasteiger partial charge is 0.375 e. The molecule has 0 saturated carbocycles. The van der Waals surface area contributed by atoms with E-state index in [9.17, 15) is 4.79 Å². The predicted molar refractivity (Wildman–Crippen MR) is 85.4 cm³/mol. The van der Waals surface area contributed by atoms with Gasteiger partial charge in [0.2, 0.25) is 5.91 Å². The van der Waals surface area contributed by atoms with Crippen LogP contribution in [-0.2, 0) is 16.1 Å². The van der Waals surface area contributed by atoms with Gasteiger partial charge in [0.1, 0.15) is 0 Å². The maximum atomic E-state index is 12.0. The van der Waals surface area contributed by atoms with Crippen LogP contribution in [0.3, 0.4) is 0 Å². The van der Waals surface area contributed by atoms with E-state index >= 15 is 0 Å². The Morgan fingerprint density at radius 2 is 2.14 bits per heavy atom. The lowest BCUT2D eigenvalue weighted by Crippen LogP contribution is -2.49. The van der Waals surface area contributed by atoms with E-state index in [-0.39, 0.29) is 12.0 Å². The fourth-order valence-electron chi connectivity index (χ4n) is 2.92. The first-order valence-electron chi connectivity index (χ1n) is 8.15. The van der Waals surface area contributed by atoms with Gasteiger partial charge >= 0.3 is 0 Å². The molecule has 0 bridgehead atoms. The second-order valence-corrected chi connectivity index (χ2v) is 6.25. The van der Waals surface area contributed by atoms with Crippen molar-refractivity contribution >= 4 is 5.91 Å². The van der Waals surface area contributed by atoms with Crippen molar-refractivity contribution in [2.75, 3.05) is 39.3 Å². The molecule has 0 aliphatic carbocycles. The lowest BCUT2D eigenvalue weighted by molar-refractivity contribution is -0.126. The summed E-state index contributed by atoms with van der Waals surface area (Å²) >= 11 is 0. The van der Waals surface area contributed by atoms with Gasteiger partial charge in [0.05, 0.1) is 19.1 Å². The number of morpholine rings is 1. The molecule has 22 heavy (non-hydrogen) atoms. The molecule has 120 valence electrons. The Bertz CT molecular complexity index is 476. The van der Waals surface area contributed by atoms with Crippen molar-refractivity contribution in [3.63, 3.8) is 0 Å². The van der Waals surface area contributed by atoms with Gasteiger partial charge in [-0.15, -0.1) is 0 Å². The summed E-state index contributed by atoms with van der Waals surface area (Å²) in [5, 5.41) is 6.23. The van der Waals surface area contributed by atoms with Crippen molar-refractivity contribution < 1.29 is 9.53 Å². The first-order chi connectivity index (χ1) is 10.8. The van der Waals surface area contributed by atoms with Crippen LogP contribution in [0.15, 0.2) is 30.3 Å². The number of hydrogen-bond donors (Lipinski definition) is 2. The fraction of sp³-hybridized carbons (Fsp3) is 0.588. The number of rotatable bonds is 6. The van der Waals surface area contributed by atoms with Crippen LogP contribution in [0.1, 0.15) is 12.0 Å². The van der Waals surface area contributed by atoms with E-state index in [2.05, 4.69) is 39.8 Å². The van der Waals surface area contributed by atoms with Crippen LogP contribution < -0.4 is 10.6 Å². The molecular weight excluding hydrogens is 278 g/mol. The standard InChI is InChI=1S/C17H25N3O2/c21-17(19-11-15-9-18-10-15)8-16-13-20(6-7-22-16)12-14-4-2-1-3-5-14/h1-5,15-16,18H,6-13H2,(H,19,21). The molecule has 2 aliphatic rings. The van der Waals surface area contributed by atoms with Crippen LogP contribution in [0, 0.1) is 5.92 Å². The molecular formula is C17H25N3O2. The Kier molecular flexibility index (Phi) is 5.43. The fourth-order valence-corrected chi connectivity index (χ4v) is 2.92. The minimum absolute atomic E-state index is 0.0111. The summed E-state index contributed by atoms with van der Waals surface area (Å²) in [5.74, 6) is 0.712. The lowest BCUT2D eigenvalue weighted by Gasteiger charge is -2.33. The number of amides is 1. The number of benzene rings is 1. The number of nitrogens with one attached hydrogen (secondary N) is 2. The maximum absolute atomic E-state index is 12.0. The highest BCUT2D eigenvalue weighted by Gasteiger charge is 2.24. The van der Waals surface area contributed by atoms with Crippen LogP contribution in [0.2, 0.25) is 0 Å². The summed E-state index contributed by atoms with van der Waals surface area (Å²) in [6, 6.07) is 10.5. The van der Waals surface area contributed by atoms with Crippen LogP contribution in [0.5, 0.6) is 0 Å². The predicted octanol–water partition coefficient (Wildman–Crippen LogP) is 0.613. The topological polar surface area (TPSA) is 53.6 Å². The van der Waals surface area contributed by atoms with Crippen molar-refractivity contribution in [3.8, 4) is 0 Å². The van der Waals surface area contributed by atoms with E-state index < -0.39 is 0 Å². The molecule has 2 aliphatic heterocycles. The molecule has 1 aromatic rings. The van der Waals surface area contributed by atoms with Gasteiger partial charge in [-0.05, 0) is 5.56 Å². The summed E-state index contributed by atoms with van der Waals surface area (Å²) in [6.07, 6.45) is 0.475. The highest BCUT2D eigenvalue weighted by Crippen LogP contribution is 2.12. The number of carbonyl (C=O) groups excluding carboxylic acids is 1. The molecule has 1 aromatic carbocycles. The van der Waals surface area contributed by atoms with Gasteiger partial charge in [0, 0.05) is 45.2 Å². The van der Waals surface area contributed by atoms with E-state index in [1.807, 2.05) is 6.07 Å². The highest BCUT2D eigenvalue weighted by atomic mass is 16.5. The second-order valence-electron chi connectivity index (χ2n) is 6.25. The average Bonchev–Trinajstić information content (AvgIpc) is 2.47. The van der Waals surface area contributed by atoms with Crippen LogP contribution in [0.4, 0.5) is 0 Å². The van der Waals surface area contributed by atoms with Crippen molar-refractivity contribution in [1.29, 1.82) is 0 Å². The molecule has 2 saturated heterocycles. The molecule has 1 atom stereocenters. The summed E-state index contributed by atoms with van der Waals surface area (Å²) in [6.45, 7) is 6.21. The summed E-state index contributed by atoms with van der Waals surface area (Å²) in [7, 11) is 0. The summed E-state index contributed by atoms with van der Waals surface area (Å²) < 4.78 is 5.75. The molecule has 3 rings (SSSR count). The third-order valence-corrected chi connectivity index (χ3v) is 4.34. The Balaban J connectivity index is 1.40. The Morgan fingerprint density at radius 3 is 2.86 bits per heavy atom. The molecule has 2 heterocycles. The molecule has 0 aromatic heterocycles. The van der Waals surface area contributed by atoms with Gasteiger partial charge in [0.25, 0.3) is 0 Å². The number of nitrogens with zero attached hydrogens (tertiary/aromatic N) is 1. The van der Waals surface area contributed by atoms with Crippen molar-refractivity contribution in [2.24, 2.45) is 5.92 Å². The highest BCUT2D eigenvalue weighted by molar-refractivity contribution is 5.76. The zero-order chi connectivity index (χ0) is 15.2. The molecule has 1 unspecified atom stereocenters. The van der Waals surface area contributed by atoms with Crippen LogP contribution >= 0.6 is 0 Å². The third kappa shape index (κ3) is 4.53. The zero-order valence-corrected chi connectivity index (χ0v) is 13.0. The van der Waals surface area contributed by atoms with E-state index in [1.165, 1.54) is 5.56 Å². The molecule has 2 N–H and O–H groups in total. The Labute approximate surface area is 132 Å². The molecule has 5 nitrogen and oxygen atoms in total. The van der Waals surface area contributed by atoms with E-state index in [4.69, 9.17) is 4.74 Å². The number of ether oxygens (including phenoxy) is 1. The van der Waals surface area contributed by atoms with Crippen molar-refractivity contribution in [3.05, 3.63) is 35.9 Å². The first-order valence-corrected chi connectivity index (χ1v) is 8.15. The molecule has 1 amide bonds. The number of carbonyl (C=O) groups is 1. The normalized spacial score (nSPS) is 23.0. The second kappa shape index (κ2) is 7.72. The molecule has 0 spiro atoms. The number of hydrogen-bond acceptors (Lipinski definition) is 4. The van der Waals surface area contributed by atoms with Gasteiger partial charge < -0.3 is 15.4 Å². The van der Waals surface area contributed by atoms with Crippen LogP contribution in [-0.4, -0.2) is 56.2 Å². The van der Waals surface area contributed by atoms with Crippen molar-refractivity contribution in [2.45, 2.75) is 19.1 Å². The minimum Gasteiger partial charge on any atom is -0.375 e. The van der Waals surface area contributed by atoms with Gasteiger partial charge in [-0.1, -0.05) is 30.3 Å². The molecule has 0 radical (unpaired) electrons. The smallest absolute Gasteiger partial charge is 0.222 e. The molecule has 5 heteroatoms. The SMILES string of the molecule is O=C(CC1CN(Cc2ccccc2)CCO1)NCC1CNC1. The van der Waals surface area contributed by atoms with E-state index in [0.717, 1.165) is 39.3 Å². The van der Waals surface area contributed by atoms with Gasteiger partial charge in [-0.3, -0.25) is 9.69 Å².